The Labute approximate surface area is 168 Å². The Bertz CT molecular complexity index is 954. The average Bonchev–Trinajstić information content (AvgIpc) is 3.02. The molecule has 0 saturated carbocycles. The van der Waals surface area contributed by atoms with Crippen molar-refractivity contribution in [1.82, 2.24) is 14.9 Å². The van der Waals surface area contributed by atoms with E-state index < -0.39 is 0 Å². The van der Waals surface area contributed by atoms with E-state index in [4.69, 9.17) is 21.3 Å². The van der Waals surface area contributed by atoms with Crippen LogP contribution in [0.3, 0.4) is 0 Å². The summed E-state index contributed by atoms with van der Waals surface area (Å²) < 4.78 is 5.83. The Morgan fingerprint density at radius 2 is 1.93 bits per heavy atom. The van der Waals surface area contributed by atoms with Crippen LogP contribution in [0, 0.1) is 0 Å². The molecular weight excluding hydrogens is 378 g/mol. The highest BCUT2D eigenvalue weighted by Crippen LogP contribution is 2.47. The molecule has 4 rings (SSSR count). The number of halogens is 1. The molecule has 0 atom stereocenters. The van der Waals surface area contributed by atoms with Crippen LogP contribution in [0.2, 0.25) is 5.02 Å². The highest BCUT2D eigenvalue weighted by atomic mass is 35.5. The molecule has 4 nitrogen and oxygen atoms in total. The molecular formula is C21H22ClN3OS. The zero-order valence-electron chi connectivity index (χ0n) is 15.5. The van der Waals surface area contributed by atoms with E-state index in [1.807, 2.05) is 12.1 Å². The topological polar surface area (TPSA) is 41.1 Å². The summed E-state index contributed by atoms with van der Waals surface area (Å²) in [6.45, 7) is 2.22. The number of ether oxygens (including phenoxy) is 1. The van der Waals surface area contributed by atoms with E-state index in [0.717, 1.165) is 52.9 Å². The number of aromatic amines is 1. The van der Waals surface area contributed by atoms with E-state index in [1.165, 1.54) is 9.79 Å². The van der Waals surface area contributed by atoms with Gasteiger partial charge in [0.1, 0.15) is 12.4 Å². The number of fused-ring (bicyclic) bond motifs is 5. The van der Waals surface area contributed by atoms with Crippen LogP contribution in [0.1, 0.15) is 12.2 Å². The van der Waals surface area contributed by atoms with Gasteiger partial charge in [-0.3, -0.25) is 0 Å². The summed E-state index contributed by atoms with van der Waals surface area (Å²) in [6.07, 6.45) is 1.01. The molecule has 0 saturated heterocycles. The fourth-order valence-corrected chi connectivity index (χ4v) is 4.43. The third kappa shape index (κ3) is 4.06. The summed E-state index contributed by atoms with van der Waals surface area (Å²) in [5.74, 6) is 0.845. The standard InChI is InChI=1S/C21H22ClN3OS/c1-25(2)10-5-11-26-13-19-23-20-15-6-3-4-7-17(15)27-18-9-8-14(22)12-16(18)21(20)24-19/h3-4,6-9,12H,5,10-11,13H2,1-2H3,(H,23,24). The van der Waals surface area contributed by atoms with E-state index in [0.29, 0.717) is 6.61 Å². The number of hydrogen-bond acceptors (Lipinski definition) is 4. The van der Waals surface area contributed by atoms with Gasteiger partial charge < -0.3 is 14.6 Å². The largest absolute Gasteiger partial charge is 0.373 e. The van der Waals surface area contributed by atoms with Gasteiger partial charge in [0, 0.05) is 32.5 Å². The van der Waals surface area contributed by atoms with E-state index in [9.17, 15) is 0 Å². The Balaban J connectivity index is 1.65. The van der Waals surface area contributed by atoms with E-state index >= 15 is 0 Å². The minimum Gasteiger partial charge on any atom is -0.373 e. The van der Waals surface area contributed by atoms with Crippen molar-refractivity contribution in [2.75, 3.05) is 27.2 Å². The Kier molecular flexibility index (Phi) is 5.55. The van der Waals surface area contributed by atoms with Crippen LogP contribution in [-0.2, 0) is 11.3 Å². The summed E-state index contributed by atoms with van der Waals surface area (Å²) in [6, 6.07) is 14.4. The first kappa shape index (κ1) is 18.6. The van der Waals surface area contributed by atoms with E-state index in [1.54, 1.807) is 11.8 Å². The number of nitrogens with zero attached hydrogens (tertiary/aromatic N) is 2. The van der Waals surface area contributed by atoms with Gasteiger partial charge in [0.05, 0.1) is 11.4 Å². The first-order chi connectivity index (χ1) is 13.1. The fraction of sp³-hybridized carbons (Fsp3) is 0.286. The maximum absolute atomic E-state index is 6.29. The van der Waals surface area contributed by atoms with Crippen molar-refractivity contribution in [1.29, 1.82) is 0 Å². The van der Waals surface area contributed by atoms with Gasteiger partial charge in [-0.15, -0.1) is 0 Å². The van der Waals surface area contributed by atoms with Gasteiger partial charge >= 0.3 is 0 Å². The van der Waals surface area contributed by atoms with Crippen LogP contribution in [-0.4, -0.2) is 42.1 Å². The molecule has 0 radical (unpaired) electrons. The number of H-pyrrole nitrogens is 1. The fourth-order valence-electron chi connectivity index (χ4n) is 3.19. The van der Waals surface area contributed by atoms with Crippen molar-refractivity contribution in [3.8, 4) is 22.5 Å². The minimum absolute atomic E-state index is 0.478. The van der Waals surface area contributed by atoms with Crippen molar-refractivity contribution in [3.63, 3.8) is 0 Å². The summed E-state index contributed by atoms with van der Waals surface area (Å²) in [7, 11) is 4.14. The quantitative estimate of drug-likeness (QED) is 0.445. The minimum atomic E-state index is 0.478. The van der Waals surface area contributed by atoms with Crippen molar-refractivity contribution in [2.45, 2.75) is 22.8 Å². The Morgan fingerprint density at radius 1 is 1.11 bits per heavy atom. The zero-order valence-corrected chi connectivity index (χ0v) is 17.0. The van der Waals surface area contributed by atoms with Gasteiger partial charge in [0.25, 0.3) is 0 Å². The van der Waals surface area contributed by atoms with E-state index in [-0.39, 0.29) is 0 Å². The smallest absolute Gasteiger partial charge is 0.133 e. The normalized spacial score (nSPS) is 12.4. The number of imidazole rings is 1. The maximum Gasteiger partial charge on any atom is 0.133 e. The molecule has 2 heterocycles. The number of hydrogen-bond donors (Lipinski definition) is 1. The molecule has 2 aromatic carbocycles. The number of aromatic nitrogens is 2. The van der Waals surface area contributed by atoms with Crippen molar-refractivity contribution >= 4 is 23.4 Å². The zero-order chi connectivity index (χ0) is 18.8. The second-order valence-corrected chi connectivity index (χ2v) is 8.38. The van der Waals surface area contributed by atoms with Crippen LogP contribution < -0.4 is 0 Å². The van der Waals surface area contributed by atoms with Crippen molar-refractivity contribution in [2.24, 2.45) is 0 Å². The van der Waals surface area contributed by atoms with Gasteiger partial charge in [-0.1, -0.05) is 41.6 Å². The molecule has 0 unspecified atom stereocenters. The first-order valence-electron chi connectivity index (χ1n) is 9.00. The van der Waals surface area contributed by atoms with Gasteiger partial charge in [-0.05, 0) is 51.3 Å². The second kappa shape index (κ2) is 8.07. The van der Waals surface area contributed by atoms with Gasteiger partial charge in [-0.25, -0.2) is 4.98 Å². The van der Waals surface area contributed by atoms with Crippen LogP contribution in [0.15, 0.2) is 52.3 Å². The first-order valence-corrected chi connectivity index (χ1v) is 10.2. The van der Waals surface area contributed by atoms with Crippen LogP contribution in [0.25, 0.3) is 22.5 Å². The van der Waals surface area contributed by atoms with Crippen LogP contribution >= 0.6 is 23.4 Å². The number of benzene rings is 2. The van der Waals surface area contributed by atoms with Crippen molar-refractivity contribution in [3.05, 3.63) is 53.3 Å². The molecule has 0 spiro atoms. The highest BCUT2D eigenvalue weighted by Gasteiger charge is 2.23. The molecule has 0 amide bonds. The maximum atomic E-state index is 6.29. The van der Waals surface area contributed by atoms with Gasteiger partial charge in [-0.2, -0.15) is 0 Å². The lowest BCUT2D eigenvalue weighted by atomic mass is 10.1. The second-order valence-electron chi connectivity index (χ2n) is 6.86. The predicted molar refractivity (Wildman–Crippen MR) is 111 cm³/mol. The molecule has 3 aromatic rings. The lowest BCUT2D eigenvalue weighted by Crippen LogP contribution is -2.14. The highest BCUT2D eigenvalue weighted by molar-refractivity contribution is 7.99. The molecule has 1 aliphatic rings. The third-order valence-corrected chi connectivity index (χ3v) is 5.85. The molecule has 1 aliphatic heterocycles. The summed E-state index contributed by atoms with van der Waals surface area (Å²) in [5.41, 5.74) is 4.20. The SMILES string of the molecule is CN(C)CCCOCc1nc2c([nH]1)-c1cc(Cl)ccc1Sc1ccccc1-2. The lowest BCUT2D eigenvalue weighted by Gasteiger charge is -2.09. The third-order valence-electron chi connectivity index (χ3n) is 4.46. The molecule has 1 aromatic heterocycles. The van der Waals surface area contributed by atoms with Crippen molar-refractivity contribution < 1.29 is 4.74 Å². The Hall–Kier alpha value is -1.79. The van der Waals surface area contributed by atoms with E-state index in [2.05, 4.69) is 54.3 Å². The molecule has 6 heteroatoms. The average molecular weight is 400 g/mol. The molecule has 0 fully saturated rings. The summed E-state index contributed by atoms with van der Waals surface area (Å²) in [5, 5.41) is 0.724. The number of nitrogens with one attached hydrogen (secondary N) is 1. The van der Waals surface area contributed by atoms with Crippen LogP contribution in [0.5, 0.6) is 0 Å². The molecule has 0 bridgehead atoms. The van der Waals surface area contributed by atoms with Crippen LogP contribution in [0.4, 0.5) is 0 Å². The number of rotatable bonds is 6. The monoisotopic (exact) mass is 399 g/mol. The van der Waals surface area contributed by atoms with Gasteiger partial charge in [0.15, 0.2) is 0 Å². The predicted octanol–water partition coefficient (Wildman–Crippen LogP) is 5.33. The Morgan fingerprint density at radius 3 is 2.78 bits per heavy atom. The molecule has 0 aliphatic carbocycles. The summed E-state index contributed by atoms with van der Waals surface area (Å²) >= 11 is 8.04. The molecule has 140 valence electrons. The lowest BCUT2D eigenvalue weighted by molar-refractivity contribution is 0.108. The molecule has 27 heavy (non-hydrogen) atoms. The van der Waals surface area contributed by atoms with Gasteiger partial charge in [0.2, 0.25) is 0 Å². The molecule has 1 N–H and O–H groups in total. The summed E-state index contributed by atoms with van der Waals surface area (Å²) in [4.78, 5) is 12.9.